The number of ether oxygens (including phenoxy) is 4. The van der Waals surface area contributed by atoms with Crippen molar-refractivity contribution >= 4 is 22.7 Å². The third-order valence-electron chi connectivity index (χ3n) is 27.9. The van der Waals surface area contributed by atoms with Crippen LogP contribution in [0, 0.1) is 55.4 Å². The molecular formula is C114H98N2O10. The lowest BCUT2D eigenvalue weighted by molar-refractivity contribution is 0.401. The van der Waals surface area contributed by atoms with Crippen LogP contribution in [-0.4, -0.2) is 59.0 Å². The molecule has 12 heteroatoms. The minimum Gasteiger partial charge on any atom is -0.508 e. The molecule has 16 aromatic carbocycles. The number of anilines is 4. The molecule has 624 valence electrons. The molecule has 6 N–H and O–H groups in total. The van der Waals surface area contributed by atoms with Crippen LogP contribution in [-0.2, 0) is 21.7 Å². The third kappa shape index (κ3) is 11.0. The first-order valence-corrected chi connectivity index (χ1v) is 42.0. The largest absolute Gasteiger partial charge is 0.508 e. The predicted octanol–water partition coefficient (Wildman–Crippen LogP) is 26.6. The van der Waals surface area contributed by atoms with Gasteiger partial charge in [0.25, 0.3) is 0 Å². The second kappa shape index (κ2) is 29.4. The van der Waals surface area contributed by atoms with Gasteiger partial charge in [0.2, 0.25) is 0 Å². The van der Waals surface area contributed by atoms with Gasteiger partial charge >= 0.3 is 0 Å². The van der Waals surface area contributed by atoms with Crippen LogP contribution in [0.1, 0.15) is 148 Å². The second-order valence-electron chi connectivity index (χ2n) is 34.2. The summed E-state index contributed by atoms with van der Waals surface area (Å²) >= 11 is 0. The maximum atomic E-state index is 10.7. The highest BCUT2D eigenvalue weighted by Crippen LogP contribution is 2.69. The topological polar surface area (TPSA) is 165 Å². The maximum absolute atomic E-state index is 10.7. The number of aromatic hydroxyl groups is 6. The molecule has 126 heavy (non-hydrogen) atoms. The summed E-state index contributed by atoms with van der Waals surface area (Å²) in [6.07, 6.45) is 0. The first kappa shape index (κ1) is 80.8. The van der Waals surface area contributed by atoms with Gasteiger partial charge in [0.05, 0.1) is 35.9 Å². The van der Waals surface area contributed by atoms with E-state index < -0.39 is 16.2 Å². The van der Waals surface area contributed by atoms with E-state index >= 15 is 0 Å². The number of hydrogen-bond donors (Lipinski definition) is 6. The Kier molecular flexibility index (Phi) is 18.9. The van der Waals surface area contributed by atoms with E-state index in [0.717, 1.165) is 135 Å². The van der Waals surface area contributed by atoms with Crippen LogP contribution in [0.3, 0.4) is 0 Å². The van der Waals surface area contributed by atoms with E-state index in [1.165, 1.54) is 94.8 Å². The molecule has 8 aliphatic rings. The van der Waals surface area contributed by atoms with Crippen molar-refractivity contribution in [2.24, 2.45) is 0 Å². The zero-order valence-corrected chi connectivity index (χ0v) is 70.9. The van der Waals surface area contributed by atoms with Crippen LogP contribution in [0.2, 0.25) is 0 Å². The van der Waals surface area contributed by atoms with Crippen LogP contribution >= 0.6 is 0 Å². The molecule has 0 aromatic heterocycles. The molecule has 0 amide bonds. The predicted molar refractivity (Wildman–Crippen MR) is 506 cm³/mol. The molecule has 4 atom stereocenters. The Balaban J connectivity index is 0.000000109. The summed E-state index contributed by atoms with van der Waals surface area (Å²) in [5.74, 6) is 4.82. The highest BCUT2D eigenvalue weighted by atomic mass is 16.5. The average Bonchev–Trinajstić information content (AvgIpc) is 1.50. The van der Waals surface area contributed by atoms with Crippen LogP contribution in [0.25, 0.3) is 44.5 Å². The van der Waals surface area contributed by atoms with Crippen molar-refractivity contribution in [2.45, 2.75) is 91.9 Å². The standard InChI is InChI=1S/C30H27NO.C29H24O2.C27H21NO3.C26H18O4.2CH4/c1-18-14-22-21-10-6-7-11-23(21)30(25(22)15-19(18)2)24-12-8-9-13-27(24)31(4)28-16-20(3)29(32-5)17-26(28)30;1-17-13-21-20-9-5-6-10-22(20)29(24(21)14-18(17)2)23-11-7-8-12-26(23)31-28-15-19(3)27(30-4)16-25(28)29;1-15-11-23-21(14-24(15)29)27(19-9-5-6-10-22(19)28(23)2)18-8-4-3-7-16(18)17-12-25(30)26(31)13-20(17)27;1-14-10-25-20(13-21(14)27)26(18-8-4-5-9-24(18)30-25)17-7-3-2-6-15(17)16-11-22(28)23(29)12-19(16)26;;/h6-17H,1-5H3;5-16H,1-4H3;3-14,29-31H,1-2H3;2-13,27-29H,1H3;2*1H4. The van der Waals surface area contributed by atoms with Crippen molar-refractivity contribution in [1.82, 2.24) is 0 Å². The smallest absolute Gasteiger partial charge is 0.158 e. The number of nitrogens with zero attached hydrogens (tertiary/aromatic N) is 2. The lowest BCUT2D eigenvalue weighted by Crippen LogP contribution is -2.36. The zero-order chi connectivity index (χ0) is 85.6. The molecular weight excluding hydrogens is 1560 g/mol. The first-order valence-electron chi connectivity index (χ1n) is 42.0. The molecule has 0 radical (unpaired) electrons. The molecule has 0 saturated carbocycles. The van der Waals surface area contributed by atoms with Crippen molar-refractivity contribution in [3.05, 3.63) is 425 Å². The molecule has 0 bridgehead atoms. The van der Waals surface area contributed by atoms with Gasteiger partial charge in [-0.25, -0.2) is 0 Å². The van der Waals surface area contributed by atoms with Crippen molar-refractivity contribution in [3.8, 4) is 114 Å². The number of rotatable bonds is 2. The van der Waals surface area contributed by atoms with E-state index in [1.54, 1.807) is 44.6 Å². The highest BCUT2D eigenvalue weighted by molar-refractivity contribution is 5.98. The normalized spacial score (nSPS) is 17.3. The Labute approximate surface area is 736 Å². The number of phenols is 6. The Morgan fingerprint density at radius 3 is 0.897 bits per heavy atom. The summed E-state index contributed by atoms with van der Waals surface area (Å²) in [7, 11) is 7.73. The molecule has 12 nitrogen and oxygen atoms in total. The summed E-state index contributed by atoms with van der Waals surface area (Å²) in [5, 5.41) is 62.9. The Hall–Kier alpha value is -14.9. The van der Waals surface area contributed by atoms with Crippen molar-refractivity contribution < 1.29 is 49.6 Å². The number of benzene rings is 16. The number of hydrogen-bond acceptors (Lipinski definition) is 12. The molecule has 16 aromatic rings. The lowest BCUT2D eigenvalue weighted by atomic mass is 9.64. The fraction of sp³-hybridized carbons (Fsp3) is 0.158. The summed E-state index contributed by atoms with van der Waals surface area (Å²) in [5.41, 5.74) is 38.2. The summed E-state index contributed by atoms with van der Waals surface area (Å²) < 4.78 is 24.3. The molecule has 4 heterocycles. The van der Waals surface area contributed by atoms with Crippen molar-refractivity contribution in [1.29, 1.82) is 0 Å². The Morgan fingerprint density at radius 1 is 0.214 bits per heavy atom. The molecule has 4 aliphatic carbocycles. The maximum Gasteiger partial charge on any atom is 0.158 e. The van der Waals surface area contributed by atoms with Gasteiger partial charge in [-0.05, 0) is 308 Å². The molecule has 4 aliphatic heterocycles. The van der Waals surface area contributed by atoms with E-state index in [0.29, 0.717) is 5.75 Å². The minimum absolute atomic E-state index is 0. The molecule has 24 rings (SSSR count). The second-order valence-corrected chi connectivity index (χ2v) is 34.2. The molecule has 0 saturated heterocycles. The SMILES string of the molecule is C.C.COc1cc2c(cc1C)N(C)c1ccccc1C21c2ccccc2-c2cc(C)c(C)cc21.COc1cc2c(cc1C)Oc1ccccc1C21c2ccccc2-c2cc(C)c(C)cc21.Cc1cc2c(cc1O)C1(c3ccccc3-c3cc(O)c(O)cc31)c1ccccc1N2C.Cc1cc2c(cc1O)C1(c3ccccc3O2)c2ccccc2-c2cc(O)c(O)cc21. The molecule has 4 unspecified atom stereocenters. The van der Waals surface area contributed by atoms with E-state index in [4.69, 9.17) is 18.9 Å². The van der Waals surface area contributed by atoms with Gasteiger partial charge in [-0.15, -0.1) is 0 Å². The van der Waals surface area contributed by atoms with Gasteiger partial charge in [0.15, 0.2) is 23.0 Å². The first-order chi connectivity index (χ1) is 60.0. The van der Waals surface area contributed by atoms with Gasteiger partial charge in [0.1, 0.15) is 46.0 Å². The number of fused-ring (bicyclic) bond motifs is 36. The Morgan fingerprint density at radius 2 is 0.484 bits per heavy atom. The third-order valence-corrected chi connectivity index (χ3v) is 27.9. The fourth-order valence-electron chi connectivity index (χ4n) is 22.0. The van der Waals surface area contributed by atoms with E-state index in [9.17, 15) is 30.6 Å². The molecule has 0 fully saturated rings. The summed E-state index contributed by atoms with van der Waals surface area (Å²) in [6.45, 7) is 16.8. The molecule has 4 spiro atoms. The number of aryl methyl sites for hydroxylation is 8. The Bertz CT molecular complexity index is 7300. The number of para-hydroxylation sites is 4. The van der Waals surface area contributed by atoms with Crippen molar-refractivity contribution in [3.63, 3.8) is 0 Å². The van der Waals surface area contributed by atoms with E-state index in [-0.39, 0.29) is 54.8 Å². The van der Waals surface area contributed by atoms with Crippen LogP contribution in [0.15, 0.2) is 291 Å². The minimum atomic E-state index is -0.785. The van der Waals surface area contributed by atoms with Gasteiger partial charge < -0.3 is 59.4 Å². The van der Waals surface area contributed by atoms with Crippen LogP contribution in [0.4, 0.5) is 22.7 Å². The monoisotopic (exact) mass is 1650 g/mol. The number of phenolic OH excluding ortho intramolecular Hbond substituents is 6. The summed E-state index contributed by atoms with van der Waals surface area (Å²) in [6, 6.07) is 99.8. The average molecular weight is 1660 g/mol. The van der Waals surface area contributed by atoms with Crippen LogP contribution < -0.4 is 28.7 Å². The van der Waals surface area contributed by atoms with Gasteiger partial charge in [-0.2, -0.15) is 0 Å². The number of methoxy groups -OCH3 is 2. The summed E-state index contributed by atoms with van der Waals surface area (Å²) in [4.78, 5) is 4.49. The lowest BCUT2D eigenvalue weighted by Gasteiger charge is -2.44. The van der Waals surface area contributed by atoms with Gasteiger partial charge in [-0.3, -0.25) is 0 Å². The van der Waals surface area contributed by atoms with E-state index in [2.05, 4.69) is 228 Å². The van der Waals surface area contributed by atoms with Crippen molar-refractivity contribution in [2.75, 3.05) is 38.1 Å². The van der Waals surface area contributed by atoms with Gasteiger partial charge in [0, 0.05) is 59.1 Å². The quantitative estimate of drug-likeness (QED) is 0.0909. The fourth-order valence-corrected chi connectivity index (χ4v) is 22.0. The van der Waals surface area contributed by atoms with E-state index in [1.807, 2.05) is 112 Å². The van der Waals surface area contributed by atoms with Crippen LogP contribution in [0.5, 0.6) is 69.0 Å². The zero-order valence-electron chi connectivity index (χ0n) is 70.9. The van der Waals surface area contributed by atoms with Gasteiger partial charge in [-0.1, -0.05) is 209 Å². The highest BCUT2D eigenvalue weighted by Gasteiger charge is 2.57.